The van der Waals surface area contributed by atoms with Gasteiger partial charge in [-0.2, -0.15) is 0 Å². The molecule has 1 aromatic heterocycles. The van der Waals surface area contributed by atoms with E-state index >= 15 is 0 Å². The van der Waals surface area contributed by atoms with Crippen molar-refractivity contribution in [2.45, 2.75) is 26.4 Å². The number of thiophene rings is 1. The Labute approximate surface area is 128 Å². The van der Waals surface area contributed by atoms with Gasteiger partial charge in [-0.25, -0.2) is 0 Å². The van der Waals surface area contributed by atoms with E-state index in [2.05, 4.69) is 63.9 Å². The first-order valence-electron chi connectivity index (χ1n) is 5.66. The summed E-state index contributed by atoms with van der Waals surface area (Å²) in [6, 6.07) is 8.34. The summed E-state index contributed by atoms with van der Waals surface area (Å²) in [6.45, 7) is 4.16. The van der Waals surface area contributed by atoms with Crippen LogP contribution in [0.2, 0.25) is 0 Å². The lowest BCUT2D eigenvalue weighted by Crippen LogP contribution is -2.01. The van der Waals surface area contributed by atoms with Crippen LogP contribution in [0, 0.1) is 13.8 Å². The Morgan fingerprint density at radius 2 is 1.94 bits per heavy atom. The van der Waals surface area contributed by atoms with Crippen LogP contribution in [-0.4, -0.2) is 5.11 Å². The third-order valence-corrected chi connectivity index (χ3v) is 6.27. The summed E-state index contributed by atoms with van der Waals surface area (Å²) < 4.78 is 2.03. The van der Waals surface area contributed by atoms with Crippen molar-refractivity contribution in [2.75, 3.05) is 0 Å². The summed E-state index contributed by atoms with van der Waals surface area (Å²) in [6.07, 6.45) is 0.213. The first-order chi connectivity index (χ1) is 8.47. The SMILES string of the molecule is Cc1ccc(C)c(CC(O)c2cc(Br)c(Br)s2)c1. The maximum absolute atomic E-state index is 10.3. The molecule has 2 aromatic rings. The second kappa shape index (κ2) is 5.87. The van der Waals surface area contributed by atoms with Gasteiger partial charge in [0.25, 0.3) is 0 Å². The lowest BCUT2D eigenvalue weighted by Gasteiger charge is -2.11. The predicted molar refractivity (Wildman–Crippen MR) is 84.3 cm³/mol. The first kappa shape index (κ1) is 14.3. The van der Waals surface area contributed by atoms with Crippen LogP contribution in [0.5, 0.6) is 0 Å². The van der Waals surface area contributed by atoms with Crippen LogP contribution >= 0.6 is 43.2 Å². The average molecular weight is 390 g/mol. The highest BCUT2D eigenvalue weighted by molar-refractivity contribution is 9.13. The molecule has 1 unspecified atom stereocenters. The monoisotopic (exact) mass is 388 g/mol. The minimum atomic E-state index is -0.446. The van der Waals surface area contributed by atoms with Crippen molar-refractivity contribution in [3.63, 3.8) is 0 Å². The van der Waals surface area contributed by atoms with E-state index in [9.17, 15) is 5.11 Å². The van der Waals surface area contributed by atoms with Gasteiger partial charge in [-0.1, -0.05) is 23.8 Å². The standard InChI is InChI=1S/C14H14Br2OS/c1-8-3-4-9(2)10(5-8)6-12(17)13-7-11(15)14(16)18-13/h3-5,7,12,17H,6H2,1-2H3. The van der Waals surface area contributed by atoms with Crippen LogP contribution in [0.15, 0.2) is 32.5 Å². The molecule has 0 saturated heterocycles. The van der Waals surface area contributed by atoms with E-state index in [1.807, 2.05) is 6.07 Å². The number of hydrogen-bond donors (Lipinski definition) is 1. The van der Waals surface area contributed by atoms with Gasteiger partial charge in [0.15, 0.2) is 0 Å². The number of aryl methyl sites for hydroxylation is 2. The summed E-state index contributed by atoms with van der Waals surface area (Å²) in [7, 11) is 0. The van der Waals surface area contributed by atoms with E-state index < -0.39 is 6.10 Å². The summed E-state index contributed by atoms with van der Waals surface area (Å²) >= 11 is 8.48. The van der Waals surface area contributed by atoms with Gasteiger partial charge in [0.05, 0.1) is 9.89 Å². The third kappa shape index (κ3) is 3.23. The molecule has 0 aliphatic rings. The van der Waals surface area contributed by atoms with Crippen molar-refractivity contribution < 1.29 is 5.11 Å². The minimum Gasteiger partial charge on any atom is -0.387 e. The van der Waals surface area contributed by atoms with Crippen molar-refractivity contribution in [3.05, 3.63) is 54.1 Å². The molecule has 1 atom stereocenters. The molecular formula is C14H14Br2OS. The zero-order valence-corrected chi connectivity index (χ0v) is 14.2. The number of hydrogen-bond acceptors (Lipinski definition) is 2. The molecule has 0 amide bonds. The maximum Gasteiger partial charge on any atom is 0.0923 e. The molecule has 0 aliphatic carbocycles. The molecule has 0 fully saturated rings. The average Bonchev–Trinajstić information content (AvgIpc) is 2.64. The maximum atomic E-state index is 10.3. The molecule has 0 bridgehead atoms. The molecule has 0 saturated carbocycles. The molecule has 0 aliphatic heterocycles. The summed E-state index contributed by atoms with van der Waals surface area (Å²) in [5.41, 5.74) is 3.67. The molecule has 0 radical (unpaired) electrons. The highest BCUT2D eigenvalue weighted by atomic mass is 79.9. The number of aliphatic hydroxyl groups excluding tert-OH is 1. The predicted octanol–water partition coefficient (Wildman–Crippen LogP) is 5.17. The summed E-state index contributed by atoms with van der Waals surface area (Å²) in [5, 5.41) is 10.3. The Morgan fingerprint density at radius 3 is 2.56 bits per heavy atom. The fourth-order valence-corrected chi connectivity index (χ4v) is 3.93. The fraction of sp³-hybridized carbons (Fsp3) is 0.286. The highest BCUT2D eigenvalue weighted by Gasteiger charge is 2.14. The van der Waals surface area contributed by atoms with Crippen molar-refractivity contribution in [2.24, 2.45) is 0 Å². The highest BCUT2D eigenvalue weighted by Crippen LogP contribution is 2.36. The van der Waals surface area contributed by atoms with Gasteiger partial charge in [-0.05, 0) is 62.9 Å². The molecule has 1 N–H and O–H groups in total. The van der Waals surface area contributed by atoms with E-state index in [1.54, 1.807) is 11.3 Å². The Bertz CT molecular complexity index is 543. The second-order valence-corrected chi connectivity index (χ2v) is 7.68. The molecule has 1 heterocycles. The van der Waals surface area contributed by atoms with Crippen LogP contribution in [0.3, 0.4) is 0 Å². The molecule has 4 heteroatoms. The van der Waals surface area contributed by atoms with Gasteiger partial charge in [0.2, 0.25) is 0 Å². The van der Waals surface area contributed by atoms with Crippen molar-refractivity contribution in [1.29, 1.82) is 0 Å². The van der Waals surface area contributed by atoms with E-state index in [4.69, 9.17) is 0 Å². The van der Waals surface area contributed by atoms with Crippen LogP contribution < -0.4 is 0 Å². The smallest absolute Gasteiger partial charge is 0.0923 e. The molecule has 2 rings (SSSR count). The van der Waals surface area contributed by atoms with Crippen LogP contribution in [0.4, 0.5) is 0 Å². The fourth-order valence-electron chi connectivity index (χ4n) is 1.86. The number of halogens is 2. The van der Waals surface area contributed by atoms with E-state index in [0.29, 0.717) is 6.42 Å². The van der Waals surface area contributed by atoms with Gasteiger partial charge >= 0.3 is 0 Å². The Balaban J connectivity index is 2.20. The number of aliphatic hydroxyl groups is 1. The van der Waals surface area contributed by atoms with Crippen molar-refractivity contribution >= 4 is 43.2 Å². The molecule has 1 nitrogen and oxygen atoms in total. The topological polar surface area (TPSA) is 20.2 Å². The summed E-state index contributed by atoms with van der Waals surface area (Å²) in [4.78, 5) is 0.981. The molecular weight excluding hydrogens is 376 g/mol. The second-order valence-electron chi connectivity index (χ2n) is 4.42. The lowest BCUT2D eigenvalue weighted by molar-refractivity contribution is 0.182. The quantitative estimate of drug-likeness (QED) is 0.767. The Kier molecular flexibility index (Phi) is 4.64. The number of benzene rings is 1. The minimum absolute atomic E-state index is 0.446. The van der Waals surface area contributed by atoms with Crippen LogP contribution in [0.25, 0.3) is 0 Å². The molecule has 1 aromatic carbocycles. The normalized spacial score (nSPS) is 12.7. The zero-order valence-electron chi connectivity index (χ0n) is 10.2. The van der Waals surface area contributed by atoms with Crippen molar-refractivity contribution in [1.82, 2.24) is 0 Å². The third-order valence-electron chi connectivity index (χ3n) is 2.91. The van der Waals surface area contributed by atoms with Crippen LogP contribution in [0.1, 0.15) is 27.7 Å². The van der Waals surface area contributed by atoms with Gasteiger partial charge in [-0.3, -0.25) is 0 Å². The number of rotatable bonds is 3. The van der Waals surface area contributed by atoms with Gasteiger partial charge in [0.1, 0.15) is 0 Å². The van der Waals surface area contributed by atoms with Crippen LogP contribution in [-0.2, 0) is 6.42 Å². The Hall–Kier alpha value is -0.160. The van der Waals surface area contributed by atoms with E-state index in [0.717, 1.165) is 13.1 Å². The molecule has 96 valence electrons. The molecule has 0 spiro atoms. The zero-order chi connectivity index (χ0) is 13.3. The van der Waals surface area contributed by atoms with Crippen molar-refractivity contribution in [3.8, 4) is 0 Å². The van der Waals surface area contributed by atoms with Gasteiger partial charge in [0, 0.05) is 15.8 Å². The van der Waals surface area contributed by atoms with E-state index in [1.165, 1.54) is 16.7 Å². The summed E-state index contributed by atoms with van der Waals surface area (Å²) in [5.74, 6) is 0. The Morgan fingerprint density at radius 1 is 1.22 bits per heavy atom. The first-order valence-corrected chi connectivity index (χ1v) is 8.06. The van der Waals surface area contributed by atoms with Gasteiger partial charge in [-0.15, -0.1) is 11.3 Å². The lowest BCUT2D eigenvalue weighted by atomic mass is 10.00. The van der Waals surface area contributed by atoms with Gasteiger partial charge < -0.3 is 5.11 Å². The molecule has 18 heavy (non-hydrogen) atoms. The largest absolute Gasteiger partial charge is 0.387 e. The van der Waals surface area contributed by atoms with E-state index in [-0.39, 0.29) is 0 Å².